The SMILES string of the molecule is Cc1cc(C)c(C2=Cc3cc4ccc(cc5nc(cc6ccc(cc2n3)[nH]6)C=C5)[nH]4)c(C)c1.Cl. The third kappa shape index (κ3) is 4.09. The normalized spacial score (nSPS) is 12.4. The van der Waals surface area contributed by atoms with Crippen LogP contribution in [0.4, 0.5) is 0 Å². The molecule has 5 heterocycles. The maximum absolute atomic E-state index is 5.02. The van der Waals surface area contributed by atoms with Crippen LogP contribution < -0.4 is 0 Å². The van der Waals surface area contributed by atoms with E-state index in [0.29, 0.717) is 0 Å². The smallest absolute Gasteiger partial charge is 0.0736 e. The molecule has 3 aromatic heterocycles. The highest BCUT2D eigenvalue weighted by Crippen LogP contribution is 2.33. The third-order valence-electron chi connectivity index (χ3n) is 6.11. The Morgan fingerprint density at radius 2 is 1.09 bits per heavy atom. The molecule has 0 unspecified atom stereocenters. The molecule has 0 atom stereocenters. The minimum atomic E-state index is 0. The van der Waals surface area contributed by atoms with Crippen molar-refractivity contribution in [1.82, 2.24) is 19.9 Å². The lowest BCUT2D eigenvalue weighted by molar-refractivity contribution is 1.27. The molecule has 8 bridgehead atoms. The summed E-state index contributed by atoms with van der Waals surface area (Å²) in [6.45, 7) is 6.51. The molecule has 0 aliphatic carbocycles. The molecule has 6 rings (SSSR count). The van der Waals surface area contributed by atoms with E-state index < -0.39 is 0 Å². The summed E-state index contributed by atoms with van der Waals surface area (Å²) in [6, 6.07) is 21.2. The molecule has 5 heteroatoms. The van der Waals surface area contributed by atoms with E-state index in [9.17, 15) is 0 Å². The number of nitrogens with zero attached hydrogens (tertiary/aromatic N) is 2. The fraction of sp³-hybridized carbons (Fsp3) is 0.103. The van der Waals surface area contributed by atoms with E-state index in [2.05, 4.69) is 97.5 Å². The molecule has 0 radical (unpaired) electrons. The first-order chi connectivity index (χ1) is 16.0. The average molecular weight is 465 g/mol. The van der Waals surface area contributed by atoms with Crippen LogP contribution in [0.1, 0.15) is 45.0 Å². The monoisotopic (exact) mass is 464 g/mol. The number of benzene rings is 1. The topological polar surface area (TPSA) is 57.4 Å². The minimum Gasteiger partial charge on any atom is -0.355 e. The Balaban J connectivity index is 0.00000241. The van der Waals surface area contributed by atoms with Gasteiger partial charge in [-0.3, -0.25) is 0 Å². The van der Waals surface area contributed by atoms with Gasteiger partial charge in [-0.05, 0) is 104 Å². The molecule has 0 spiro atoms. The van der Waals surface area contributed by atoms with E-state index >= 15 is 0 Å². The van der Waals surface area contributed by atoms with Crippen molar-refractivity contribution in [3.63, 3.8) is 0 Å². The maximum atomic E-state index is 5.02. The lowest BCUT2D eigenvalue weighted by atomic mass is 9.92. The van der Waals surface area contributed by atoms with Gasteiger partial charge in [0.15, 0.2) is 0 Å². The van der Waals surface area contributed by atoms with E-state index in [-0.39, 0.29) is 12.4 Å². The van der Waals surface area contributed by atoms with Gasteiger partial charge in [0.05, 0.1) is 22.8 Å². The Kier molecular flexibility index (Phi) is 5.46. The molecule has 4 aromatic rings. The second kappa shape index (κ2) is 8.47. The van der Waals surface area contributed by atoms with Crippen LogP contribution in [0.15, 0.2) is 60.7 Å². The van der Waals surface area contributed by atoms with Gasteiger partial charge in [0.1, 0.15) is 0 Å². The number of hydrogen-bond donors (Lipinski definition) is 2. The predicted molar refractivity (Wildman–Crippen MR) is 145 cm³/mol. The molecule has 0 saturated carbocycles. The number of H-pyrrole nitrogens is 2. The van der Waals surface area contributed by atoms with Gasteiger partial charge in [0.25, 0.3) is 0 Å². The molecular weight excluding hydrogens is 440 g/mol. The first-order valence-corrected chi connectivity index (χ1v) is 11.2. The van der Waals surface area contributed by atoms with Crippen molar-refractivity contribution in [3.8, 4) is 0 Å². The Morgan fingerprint density at radius 1 is 0.588 bits per heavy atom. The number of rotatable bonds is 1. The Morgan fingerprint density at radius 3 is 1.65 bits per heavy atom. The molecule has 4 nitrogen and oxygen atoms in total. The zero-order valence-electron chi connectivity index (χ0n) is 19.3. The first kappa shape index (κ1) is 21.9. The number of nitrogens with one attached hydrogen (secondary N) is 2. The van der Waals surface area contributed by atoms with Crippen LogP contribution in [0.25, 0.3) is 45.9 Å². The number of halogens is 1. The summed E-state index contributed by atoms with van der Waals surface area (Å²) in [5.41, 5.74) is 14.0. The van der Waals surface area contributed by atoms with E-state index in [1.54, 1.807) is 0 Å². The summed E-state index contributed by atoms with van der Waals surface area (Å²) in [4.78, 5) is 16.7. The summed E-state index contributed by atoms with van der Waals surface area (Å²) in [6.07, 6.45) is 6.27. The second-order valence-corrected chi connectivity index (χ2v) is 8.86. The standard InChI is InChI=1S/C29H24N4.ClH/c1-17-10-18(2)29(19(3)11-17)27-15-26-14-24-7-6-22(31-24)12-20-4-5-21(30-20)13-23-8-9-25(32-23)16-28(27)33-26;/h4-16,31-32H,1-3H3;1H. The lowest BCUT2D eigenvalue weighted by Crippen LogP contribution is -1.95. The van der Waals surface area contributed by atoms with Crippen molar-refractivity contribution >= 4 is 58.3 Å². The maximum Gasteiger partial charge on any atom is 0.0736 e. The quantitative estimate of drug-likeness (QED) is 0.266. The molecule has 2 N–H and O–H groups in total. The molecule has 1 aromatic carbocycles. The highest BCUT2D eigenvalue weighted by Gasteiger charge is 2.17. The number of hydrogen-bond acceptors (Lipinski definition) is 2. The molecule has 168 valence electrons. The summed E-state index contributed by atoms with van der Waals surface area (Å²) in [7, 11) is 0. The minimum absolute atomic E-state index is 0. The van der Waals surface area contributed by atoms with Crippen LogP contribution in [-0.2, 0) is 0 Å². The Bertz CT molecular complexity index is 1630. The highest BCUT2D eigenvalue weighted by molar-refractivity contribution is 5.95. The van der Waals surface area contributed by atoms with Crippen molar-refractivity contribution in [1.29, 1.82) is 0 Å². The zero-order valence-corrected chi connectivity index (χ0v) is 20.1. The van der Waals surface area contributed by atoms with Crippen LogP contribution >= 0.6 is 12.4 Å². The summed E-state index contributed by atoms with van der Waals surface area (Å²) < 4.78 is 0. The van der Waals surface area contributed by atoms with Crippen molar-refractivity contribution in [2.45, 2.75) is 20.8 Å². The van der Waals surface area contributed by atoms with Gasteiger partial charge in [-0.15, -0.1) is 12.4 Å². The largest absolute Gasteiger partial charge is 0.355 e. The van der Waals surface area contributed by atoms with Gasteiger partial charge < -0.3 is 9.97 Å². The van der Waals surface area contributed by atoms with Gasteiger partial charge in [-0.1, -0.05) is 17.7 Å². The predicted octanol–water partition coefficient (Wildman–Crippen LogP) is 7.42. The van der Waals surface area contributed by atoms with Crippen molar-refractivity contribution in [2.24, 2.45) is 0 Å². The second-order valence-electron chi connectivity index (χ2n) is 8.86. The van der Waals surface area contributed by atoms with Crippen LogP contribution in [0.3, 0.4) is 0 Å². The van der Waals surface area contributed by atoms with Gasteiger partial charge in [0.2, 0.25) is 0 Å². The van der Waals surface area contributed by atoms with Crippen molar-refractivity contribution in [3.05, 3.63) is 106 Å². The number of aromatic nitrogens is 4. The van der Waals surface area contributed by atoms with Crippen molar-refractivity contribution in [2.75, 3.05) is 0 Å². The van der Waals surface area contributed by atoms with E-state index in [1.165, 1.54) is 22.3 Å². The Labute approximate surface area is 204 Å². The fourth-order valence-electron chi connectivity index (χ4n) is 4.82. The molecule has 2 aliphatic heterocycles. The molecule has 0 saturated heterocycles. The van der Waals surface area contributed by atoms with Crippen LogP contribution in [0.5, 0.6) is 0 Å². The Hall–Kier alpha value is -3.89. The van der Waals surface area contributed by atoms with E-state index in [4.69, 9.17) is 9.97 Å². The molecule has 2 aliphatic rings. The molecular formula is C29H25ClN4. The molecule has 0 fully saturated rings. The van der Waals surface area contributed by atoms with Crippen LogP contribution in [-0.4, -0.2) is 19.9 Å². The first-order valence-electron chi connectivity index (χ1n) is 11.2. The van der Waals surface area contributed by atoms with Crippen molar-refractivity contribution < 1.29 is 0 Å². The van der Waals surface area contributed by atoms with E-state index in [0.717, 1.165) is 50.4 Å². The van der Waals surface area contributed by atoms with Gasteiger partial charge in [-0.25, -0.2) is 9.97 Å². The third-order valence-corrected chi connectivity index (χ3v) is 6.11. The number of aryl methyl sites for hydroxylation is 3. The molecule has 0 amide bonds. The number of aromatic amines is 2. The molecule has 34 heavy (non-hydrogen) atoms. The summed E-state index contributed by atoms with van der Waals surface area (Å²) in [5.74, 6) is 0. The number of fused-ring (bicyclic) bond motifs is 8. The van der Waals surface area contributed by atoms with Gasteiger partial charge >= 0.3 is 0 Å². The average Bonchev–Trinajstić information content (AvgIpc) is 3.53. The summed E-state index contributed by atoms with van der Waals surface area (Å²) in [5, 5.41) is 0. The van der Waals surface area contributed by atoms with Crippen LogP contribution in [0.2, 0.25) is 0 Å². The summed E-state index contributed by atoms with van der Waals surface area (Å²) >= 11 is 0. The van der Waals surface area contributed by atoms with Gasteiger partial charge in [0, 0.05) is 27.6 Å². The van der Waals surface area contributed by atoms with Crippen LogP contribution in [0, 0.1) is 20.8 Å². The van der Waals surface area contributed by atoms with Gasteiger partial charge in [-0.2, -0.15) is 0 Å². The fourth-order valence-corrected chi connectivity index (χ4v) is 4.82. The van der Waals surface area contributed by atoms with E-state index in [1.807, 2.05) is 12.2 Å². The highest BCUT2D eigenvalue weighted by atomic mass is 35.5. The lowest BCUT2D eigenvalue weighted by Gasteiger charge is -2.12. The zero-order chi connectivity index (χ0) is 22.5.